The second kappa shape index (κ2) is 9.92. The third kappa shape index (κ3) is 5.52. The first-order valence-corrected chi connectivity index (χ1v) is 11.6. The van der Waals surface area contributed by atoms with Gasteiger partial charge in [-0.3, -0.25) is 4.79 Å². The first-order valence-electron chi connectivity index (χ1n) is 9.19. The van der Waals surface area contributed by atoms with E-state index < -0.39 is 0 Å². The lowest BCUT2D eigenvalue weighted by atomic mass is 10.2. The summed E-state index contributed by atoms with van der Waals surface area (Å²) in [7, 11) is 0. The number of carbonyl (C=O) groups is 1. The van der Waals surface area contributed by atoms with Crippen molar-refractivity contribution < 1.29 is 9.53 Å². The number of hydrogen-bond acceptors (Lipinski definition) is 4. The molecule has 1 fully saturated rings. The van der Waals surface area contributed by atoms with Crippen LogP contribution >= 0.6 is 50.9 Å². The summed E-state index contributed by atoms with van der Waals surface area (Å²) in [6, 6.07) is 20.7. The molecular formula is C23H15BrCl2N2O2S. The molecule has 4 rings (SSSR count). The number of nitrogens with one attached hydrogen (secondary N) is 1. The highest BCUT2D eigenvalue weighted by Gasteiger charge is 2.24. The van der Waals surface area contributed by atoms with E-state index in [0.29, 0.717) is 38.2 Å². The molecule has 0 aromatic heterocycles. The van der Waals surface area contributed by atoms with Crippen molar-refractivity contribution in [2.45, 2.75) is 6.61 Å². The van der Waals surface area contributed by atoms with Gasteiger partial charge in [-0.25, -0.2) is 4.99 Å². The van der Waals surface area contributed by atoms with Crippen molar-refractivity contribution in [3.63, 3.8) is 0 Å². The second-order valence-corrected chi connectivity index (χ2v) is 9.24. The molecule has 1 heterocycles. The molecule has 0 atom stereocenters. The number of para-hydroxylation sites is 1. The van der Waals surface area contributed by atoms with E-state index in [1.54, 1.807) is 24.3 Å². The van der Waals surface area contributed by atoms with E-state index in [0.717, 1.165) is 15.6 Å². The zero-order valence-electron chi connectivity index (χ0n) is 15.9. The predicted octanol–water partition coefficient (Wildman–Crippen LogP) is 7.23. The van der Waals surface area contributed by atoms with Crippen molar-refractivity contribution in [2.75, 3.05) is 0 Å². The first-order chi connectivity index (χ1) is 15.0. The van der Waals surface area contributed by atoms with Crippen molar-refractivity contribution in [1.29, 1.82) is 0 Å². The number of amidine groups is 1. The van der Waals surface area contributed by atoms with Crippen LogP contribution < -0.4 is 10.1 Å². The number of aliphatic imine (C=N–C) groups is 1. The van der Waals surface area contributed by atoms with E-state index in [1.807, 2.05) is 48.5 Å². The van der Waals surface area contributed by atoms with Gasteiger partial charge in [-0.05, 0) is 53.7 Å². The zero-order chi connectivity index (χ0) is 21.8. The van der Waals surface area contributed by atoms with E-state index in [-0.39, 0.29) is 5.91 Å². The van der Waals surface area contributed by atoms with Gasteiger partial charge in [-0.2, -0.15) is 0 Å². The molecule has 1 saturated heterocycles. The highest BCUT2D eigenvalue weighted by atomic mass is 79.9. The van der Waals surface area contributed by atoms with Crippen LogP contribution in [0.4, 0.5) is 5.69 Å². The van der Waals surface area contributed by atoms with Gasteiger partial charge in [0.25, 0.3) is 5.91 Å². The summed E-state index contributed by atoms with van der Waals surface area (Å²) in [6.07, 6.45) is 1.79. The zero-order valence-corrected chi connectivity index (χ0v) is 19.9. The Kier molecular flexibility index (Phi) is 7.02. The van der Waals surface area contributed by atoms with Crippen LogP contribution in [0.5, 0.6) is 5.75 Å². The van der Waals surface area contributed by atoms with Crippen molar-refractivity contribution in [3.8, 4) is 5.75 Å². The summed E-state index contributed by atoms with van der Waals surface area (Å²) in [4.78, 5) is 17.4. The summed E-state index contributed by atoms with van der Waals surface area (Å²) >= 11 is 16.9. The Balaban J connectivity index is 1.53. The quantitative estimate of drug-likeness (QED) is 0.352. The lowest BCUT2D eigenvalue weighted by molar-refractivity contribution is -0.115. The number of benzene rings is 3. The number of hydrogen-bond donors (Lipinski definition) is 1. The van der Waals surface area contributed by atoms with Gasteiger partial charge in [0, 0.05) is 10.0 Å². The number of carbonyl (C=O) groups excluding carboxylic acids is 1. The molecule has 1 N–H and O–H groups in total. The Hall–Kier alpha value is -2.25. The Morgan fingerprint density at radius 1 is 1.03 bits per heavy atom. The molecule has 1 aliphatic heterocycles. The lowest BCUT2D eigenvalue weighted by Crippen LogP contribution is -2.19. The Bertz CT molecular complexity index is 1200. The number of ether oxygens (including phenoxy) is 1. The number of amides is 1. The van der Waals surface area contributed by atoms with Crippen molar-refractivity contribution in [1.82, 2.24) is 5.32 Å². The number of nitrogens with zero attached hydrogens (tertiary/aromatic N) is 1. The molecular weight excluding hydrogens is 519 g/mol. The van der Waals surface area contributed by atoms with Crippen LogP contribution in [0.3, 0.4) is 0 Å². The molecule has 4 nitrogen and oxygen atoms in total. The van der Waals surface area contributed by atoms with Crippen LogP contribution in [0.1, 0.15) is 11.1 Å². The van der Waals surface area contributed by atoms with Gasteiger partial charge in [0.2, 0.25) is 0 Å². The van der Waals surface area contributed by atoms with Crippen LogP contribution in [-0.2, 0) is 11.4 Å². The number of rotatable bonds is 5. The third-order valence-electron chi connectivity index (χ3n) is 4.32. The minimum Gasteiger partial charge on any atom is -0.488 e. The SMILES string of the molecule is O=C1NC(=Nc2cccc(Cl)c2Cl)S/C1=C/c1ccccc1OCc1ccc(Br)cc1. The highest BCUT2D eigenvalue weighted by molar-refractivity contribution is 9.10. The van der Waals surface area contributed by atoms with Gasteiger partial charge in [0.15, 0.2) is 5.17 Å². The van der Waals surface area contributed by atoms with Gasteiger partial charge >= 0.3 is 0 Å². The highest BCUT2D eigenvalue weighted by Crippen LogP contribution is 2.35. The van der Waals surface area contributed by atoms with E-state index >= 15 is 0 Å². The maximum absolute atomic E-state index is 12.5. The molecule has 156 valence electrons. The molecule has 0 saturated carbocycles. The molecule has 3 aromatic carbocycles. The molecule has 0 aliphatic carbocycles. The van der Waals surface area contributed by atoms with Crippen molar-refractivity contribution >= 4 is 73.7 Å². The topological polar surface area (TPSA) is 50.7 Å². The van der Waals surface area contributed by atoms with Crippen LogP contribution in [0, 0.1) is 0 Å². The fourth-order valence-corrected chi connectivity index (χ4v) is 4.21. The normalized spacial score (nSPS) is 16.0. The molecule has 1 aliphatic rings. The van der Waals surface area contributed by atoms with Crippen LogP contribution in [0.15, 0.2) is 81.1 Å². The molecule has 0 spiro atoms. The fourth-order valence-electron chi connectivity index (χ4n) is 2.78. The van der Waals surface area contributed by atoms with Gasteiger partial charge in [-0.15, -0.1) is 0 Å². The Labute approximate surface area is 202 Å². The Morgan fingerprint density at radius 2 is 1.81 bits per heavy atom. The molecule has 0 bridgehead atoms. The van der Waals surface area contributed by atoms with Crippen molar-refractivity contribution in [2.24, 2.45) is 4.99 Å². The van der Waals surface area contributed by atoms with Crippen LogP contribution in [-0.4, -0.2) is 11.1 Å². The standard InChI is InChI=1S/C23H15BrCl2N2O2S/c24-16-10-8-14(9-11-16)13-30-19-7-2-1-4-15(19)12-20-22(29)28-23(31-20)27-18-6-3-5-17(25)21(18)26/h1-12H,13H2,(H,27,28,29)/b20-12+. The summed E-state index contributed by atoms with van der Waals surface area (Å²) < 4.78 is 7.01. The van der Waals surface area contributed by atoms with Gasteiger partial charge in [-0.1, -0.05) is 75.5 Å². The summed E-state index contributed by atoms with van der Waals surface area (Å²) in [6.45, 7) is 0.423. The monoisotopic (exact) mass is 532 g/mol. The van der Waals surface area contributed by atoms with Crippen molar-refractivity contribution in [3.05, 3.63) is 97.3 Å². The minimum absolute atomic E-state index is 0.232. The predicted molar refractivity (Wildman–Crippen MR) is 132 cm³/mol. The molecule has 0 unspecified atom stereocenters. The average Bonchev–Trinajstić information content (AvgIpc) is 3.10. The second-order valence-electron chi connectivity index (χ2n) is 6.51. The van der Waals surface area contributed by atoms with E-state index in [2.05, 4.69) is 26.2 Å². The van der Waals surface area contributed by atoms with E-state index in [9.17, 15) is 4.79 Å². The number of halogens is 3. The fraction of sp³-hybridized carbons (Fsp3) is 0.0435. The summed E-state index contributed by atoms with van der Waals surface area (Å²) in [5.41, 5.74) is 2.35. The maximum atomic E-state index is 12.5. The lowest BCUT2D eigenvalue weighted by Gasteiger charge is -2.09. The minimum atomic E-state index is -0.232. The molecule has 31 heavy (non-hydrogen) atoms. The van der Waals surface area contributed by atoms with Crippen LogP contribution in [0.25, 0.3) is 6.08 Å². The van der Waals surface area contributed by atoms with E-state index in [1.165, 1.54) is 11.8 Å². The summed E-state index contributed by atoms with van der Waals surface area (Å²) in [5.74, 6) is 0.458. The molecule has 0 radical (unpaired) electrons. The van der Waals surface area contributed by atoms with Gasteiger partial charge in [0.05, 0.1) is 20.6 Å². The first kappa shape index (κ1) is 22.0. The molecule has 8 heteroatoms. The molecule has 1 amide bonds. The third-order valence-corrected chi connectivity index (χ3v) is 6.56. The van der Waals surface area contributed by atoms with Gasteiger partial charge in [0.1, 0.15) is 12.4 Å². The van der Waals surface area contributed by atoms with Gasteiger partial charge < -0.3 is 10.1 Å². The number of thioether (sulfide) groups is 1. The largest absolute Gasteiger partial charge is 0.488 e. The maximum Gasteiger partial charge on any atom is 0.264 e. The van der Waals surface area contributed by atoms with Crippen LogP contribution in [0.2, 0.25) is 10.0 Å². The average molecular weight is 534 g/mol. The summed E-state index contributed by atoms with van der Waals surface area (Å²) in [5, 5.41) is 3.95. The Morgan fingerprint density at radius 3 is 2.61 bits per heavy atom. The molecule has 3 aromatic rings. The van der Waals surface area contributed by atoms with E-state index in [4.69, 9.17) is 27.9 Å². The smallest absolute Gasteiger partial charge is 0.264 e.